The zero-order valence-electron chi connectivity index (χ0n) is 10.2. The molecule has 1 amide bonds. The van der Waals surface area contributed by atoms with E-state index in [0.29, 0.717) is 18.3 Å². The van der Waals surface area contributed by atoms with Gasteiger partial charge in [0.2, 0.25) is 5.91 Å². The Kier molecular flexibility index (Phi) is 2.75. The van der Waals surface area contributed by atoms with E-state index in [4.69, 9.17) is 5.73 Å². The molecule has 1 aromatic carbocycles. The summed E-state index contributed by atoms with van der Waals surface area (Å²) in [5.74, 6) is 0.701. The highest BCUT2D eigenvalue weighted by molar-refractivity contribution is 5.75. The van der Waals surface area contributed by atoms with Gasteiger partial charge in [-0.15, -0.1) is 0 Å². The van der Waals surface area contributed by atoms with Crippen molar-refractivity contribution in [2.45, 2.75) is 45.4 Å². The minimum Gasteiger partial charge on any atom is -0.370 e. The third kappa shape index (κ3) is 1.73. The summed E-state index contributed by atoms with van der Waals surface area (Å²) in [5, 5.41) is 0. The highest BCUT2D eigenvalue weighted by atomic mass is 16.1. The van der Waals surface area contributed by atoms with Crippen LogP contribution in [0.25, 0.3) is 0 Å². The number of hydrogen-bond acceptors (Lipinski definition) is 1. The number of rotatable bonds is 2. The van der Waals surface area contributed by atoms with Gasteiger partial charge in [-0.05, 0) is 54.4 Å². The van der Waals surface area contributed by atoms with E-state index in [1.54, 1.807) is 0 Å². The Morgan fingerprint density at radius 2 is 1.88 bits per heavy atom. The van der Waals surface area contributed by atoms with E-state index in [-0.39, 0.29) is 5.91 Å². The third-order valence-corrected chi connectivity index (χ3v) is 3.71. The Hall–Kier alpha value is -1.31. The lowest BCUT2D eigenvalue weighted by Gasteiger charge is -2.13. The van der Waals surface area contributed by atoms with Gasteiger partial charge in [0.25, 0.3) is 0 Å². The summed E-state index contributed by atoms with van der Waals surface area (Å²) in [7, 11) is 0. The van der Waals surface area contributed by atoms with Crippen molar-refractivity contribution in [1.82, 2.24) is 0 Å². The Labute approximate surface area is 96.8 Å². The van der Waals surface area contributed by atoms with Gasteiger partial charge in [0.05, 0.1) is 0 Å². The Bertz CT molecular complexity index is 437. The number of hydrogen-bond donors (Lipinski definition) is 1. The average Bonchev–Trinajstić information content (AvgIpc) is 2.49. The highest BCUT2D eigenvalue weighted by Gasteiger charge is 2.31. The van der Waals surface area contributed by atoms with Crippen LogP contribution in [0.1, 0.15) is 53.9 Å². The van der Waals surface area contributed by atoms with Gasteiger partial charge in [-0.1, -0.05) is 19.1 Å². The van der Waals surface area contributed by atoms with E-state index in [2.05, 4.69) is 32.9 Å². The zero-order chi connectivity index (χ0) is 11.9. The second-order valence-corrected chi connectivity index (χ2v) is 5.03. The lowest BCUT2D eigenvalue weighted by atomic mass is 9.92. The molecule has 2 atom stereocenters. The second kappa shape index (κ2) is 3.93. The number of carbonyl (C=O) groups is 1. The molecule has 0 bridgehead atoms. The fraction of sp³-hybridized carbons (Fsp3) is 0.500. The summed E-state index contributed by atoms with van der Waals surface area (Å²) in [6.45, 7) is 6.53. The van der Waals surface area contributed by atoms with Crippen molar-refractivity contribution in [2.24, 2.45) is 5.73 Å². The van der Waals surface area contributed by atoms with Crippen LogP contribution < -0.4 is 5.73 Å². The molecular weight excluding hydrogens is 198 g/mol. The molecule has 1 aliphatic rings. The predicted molar refractivity (Wildman–Crippen MR) is 65.5 cm³/mol. The van der Waals surface area contributed by atoms with Gasteiger partial charge in [-0.3, -0.25) is 4.79 Å². The first kappa shape index (κ1) is 11.2. The zero-order valence-corrected chi connectivity index (χ0v) is 10.2. The molecular formula is C14H19NO. The molecule has 1 aromatic rings. The Morgan fingerprint density at radius 3 is 2.44 bits per heavy atom. The van der Waals surface area contributed by atoms with Crippen LogP contribution in [-0.4, -0.2) is 5.91 Å². The van der Waals surface area contributed by atoms with E-state index < -0.39 is 0 Å². The molecule has 0 aliphatic heterocycles. The minimum atomic E-state index is -0.189. The maximum atomic E-state index is 11.1. The van der Waals surface area contributed by atoms with Gasteiger partial charge in [-0.2, -0.15) is 0 Å². The van der Waals surface area contributed by atoms with Crippen molar-refractivity contribution in [1.29, 1.82) is 0 Å². The van der Waals surface area contributed by atoms with Gasteiger partial charge in [0.15, 0.2) is 0 Å². The normalized spacial score (nSPS) is 23.2. The van der Waals surface area contributed by atoms with Crippen molar-refractivity contribution < 1.29 is 4.79 Å². The summed E-state index contributed by atoms with van der Waals surface area (Å²) in [6, 6.07) is 4.33. The van der Waals surface area contributed by atoms with Crippen LogP contribution in [0.2, 0.25) is 0 Å². The number of benzene rings is 1. The fourth-order valence-corrected chi connectivity index (χ4v) is 3.14. The number of amides is 1. The molecule has 0 heterocycles. The van der Waals surface area contributed by atoms with Crippen molar-refractivity contribution in [3.05, 3.63) is 34.4 Å². The molecule has 2 N–H and O–H groups in total. The monoisotopic (exact) mass is 217 g/mol. The van der Waals surface area contributed by atoms with E-state index in [1.807, 2.05) is 0 Å². The molecule has 0 spiro atoms. The quantitative estimate of drug-likeness (QED) is 0.813. The molecule has 0 fully saturated rings. The van der Waals surface area contributed by atoms with Crippen LogP contribution in [0.4, 0.5) is 0 Å². The summed E-state index contributed by atoms with van der Waals surface area (Å²) < 4.78 is 0. The summed E-state index contributed by atoms with van der Waals surface area (Å²) >= 11 is 0. The van der Waals surface area contributed by atoms with Crippen LogP contribution in [0.3, 0.4) is 0 Å². The lowest BCUT2D eigenvalue weighted by Crippen LogP contribution is -2.14. The van der Waals surface area contributed by atoms with Crippen LogP contribution in [0.15, 0.2) is 12.1 Å². The van der Waals surface area contributed by atoms with E-state index in [0.717, 1.165) is 6.42 Å². The van der Waals surface area contributed by atoms with Gasteiger partial charge in [0.1, 0.15) is 0 Å². The number of primary amides is 1. The van der Waals surface area contributed by atoms with Crippen LogP contribution in [-0.2, 0) is 4.79 Å². The number of carbonyl (C=O) groups excluding carboxylic acids is 1. The second-order valence-electron chi connectivity index (χ2n) is 5.03. The van der Waals surface area contributed by atoms with Gasteiger partial charge in [-0.25, -0.2) is 0 Å². The molecule has 0 aromatic heterocycles. The van der Waals surface area contributed by atoms with Crippen molar-refractivity contribution >= 4 is 5.91 Å². The van der Waals surface area contributed by atoms with Crippen molar-refractivity contribution in [3.63, 3.8) is 0 Å². The molecule has 16 heavy (non-hydrogen) atoms. The molecule has 2 rings (SSSR count). The summed E-state index contributed by atoms with van der Waals surface area (Å²) in [4.78, 5) is 11.1. The fourth-order valence-electron chi connectivity index (χ4n) is 3.14. The van der Waals surface area contributed by atoms with Gasteiger partial charge < -0.3 is 5.73 Å². The van der Waals surface area contributed by atoms with Crippen LogP contribution in [0.5, 0.6) is 0 Å². The van der Waals surface area contributed by atoms with Crippen molar-refractivity contribution in [2.75, 3.05) is 0 Å². The maximum Gasteiger partial charge on any atom is 0.218 e. The Balaban J connectivity index is 2.48. The largest absolute Gasteiger partial charge is 0.370 e. The molecule has 1 aliphatic carbocycles. The molecule has 0 saturated carbocycles. The van der Waals surface area contributed by atoms with Crippen LogP contribution >= 0.6 is 0 Å². The van der Waals surface area contributed by atoms with Crippen molar-refractivity contribution in [3.8, 4) is 0 Å². The molecule has 2 heteroatoms. The van der Waals surface area contributed by atoms with E-state index in [9.17, 15) is 4.79 Å². The number of aryl methyl sites for hydroxylation is 2. The SMILES string of the molecule is Cc1ccc(C)c2c1C(C)CC2CC(N)=O. The highest BCUT2D eigenvalue weighted by Crippen LogP contribution is 2.45. The van der Waals surface area contributed by atoms with E-state index in [1.165, 1.54) is 22.3 Å². The molecule has 0 saturated heterocycles. The molecule has 86 valence electrons. The predicted octanol–water partition coefficient (Wildman–Crippen LogP) is 2.77. The van der Waals surface area contributed by atoms with Gasteiger partial charge in [0, 0.05) is 6.42 Å². The van der Waals surface area contributed by atoms with E-state index >= 15 is 0 Å². The number of nitrogens with two attached hydrogens (primary N) is 1. The first-order valence-corrected chi connectivity index (χ1v) is 5.89. The smallest absolute Gasteiger partial charge is 0.218 e. The lowest BCUT2D eigenvalue weighted by molar-refractivity contribution is -0.118. The maximum absolute atomic E-state index is 11.1. The third-order valence-electron chi connectivity index (χ3n) is 3.71. The molecule has 0 radical (unpaired) electrons. The summed E-state index contributed by atoms with van der Waals surface area (Å²) in [5.41, 5.74) is 10.8. The van der Waals surface area contributed by atoms with Gasteiger partial charge >= 0.3 is 0 Å². The number of fused-ring (bicyclic) bond motifs is 1. The molecule has 2 unspecified atom stereocenters. The standard InChI is InChI=1S/C14H19NO/c1-8-4-5-9(2)14-11(7-12(15)16)6-10(3)13(8)14/h4-5,10-11H,6-7H2,1-3H3,(H2,15,16). The minimum absolute atomic E-state index is 0.189. The first-order valence-electron chi connectivity index (χ1n) is 5.89. The van der Waals surface area contributed by atoms with Crippen LogP contribution in [0, 0.1) is 13.8 Å². The summed E-state index contributed by atoms with van der Waals surface area (Å²) in [6.07, 6.45) is 1.55. The topological polar surface area (TPSA) is 43.1 Å². The average molecular weight is 217 g/mol. The first-order chi connectivity index (χ1) is 7.50. The Morgan fingerprint density at radius 1 is 1.31 bits per heavy atom. The molecule has 2 nitrogen and oxygen atoms in total.